The predicted molar refractivity (Wildman–Crippen MR) is 120 cm³/mol. The maximum Gasteiger partial charge on any atom is 0.321 e. The van der Waals surface area contributed by atoms with Crippen molar-refractivity contribution in [2.45, 2.75) is 46.0 Å². The monoisotopic (exact) mass is 416 g/mol. The first-order valence-corrected chi connectivity index (χ1v) is 11.0. The van der Waals surface area contributed by atoms with Crippen molar-refractivity contribution in [2.24, 2.45) is 5.92 Å². The minimum atomic E-state index is 0.397. The highest BCUT2D eigenvalue weighted by Crippen LogP contribution is 2.39. The third kappa shape index (κ3) is 4.33. The lowest BCUT2D eigenvalue weighted by Crippen LogP contribution is -2.36. The van der Waals surface area contributed by atoms with E-state index in [1.54, 1.807) is 0 Å². The number of aromatic nitrogens is 3. The summed E-state index contributed by atoms with van der Waals surface area (Å²) in [4.78, 5) is 11.1. The second-order valence-corrected chi connectivity index (χ2v) is 8.75. The standard InChI is InChI=1S/C25H28N4O2/c1-16-15-29(24-17(2)18(3)31-28-24)10-9-21(16)11-19-5-4-6-23(12-19)30-25-26-13-22(14-27-25)20-7-8-20/h4-6,11-14,16,20H,7-10,15H2,1-3H3/b21-11+. The van der Waals surface area contributed by atoms with Crippen molar-refractivity contribution < 1.29 is 9.26 Å². The van der Waals surface area contributed by atoms with Crippen molar-refractivity contribution in [1.82, 2.24) is 15.1 Å². The first kappa shape index (κ1) is 19.8. The van der Waals surface area contributed by atoms with Gasteiger partial charge in [0.1, 0.15) is 11.5 Å². The van der Waals surface area contributed by atoms with E-state index in [-0.39, 0.29) is 0 Å². The topological polar surface area (TPSA) is 64.3 Å². The Bertz CT molecular complexity index is 1100. The molecule has 5 rings (SSSR count). The van der Waals surface area contributed by atoms with Crippen LogP contribution in [0.1, 0.15) is 54.6 Å². The van der Waals surface area contributed by atoms with Gasteiger partial charge in [0.15, 0.2) is 5.82 Å². The van der Waals surface area contributed by atoms with E-state index in [2.05, 4.69) is 52.1 Å². The fraction of sp³-hybridized carbons (Fsp3) is 0.400. The van der Waals surface area contributed by atoms with Crippen LogP contribution in [-0.4, -0.2) is 28.2 Å². The Morgan fingerprint density at radius 1 is 1.16 bits per heavy atom. The minimum Gasteiger partial charge on any atom is -0.424 e. The number of aryl methyl sites for hydroxylation is 1. The molecule has 6 nitrogen and oxygen atoms in total. The Hall–Kier alpha value is -3.15. The molecule has 1 saturated heterocycles. The van der Waals surface area contributed by atoms with Gasteiger partial charge in [0, 0.05) is 31.0 Å². The van der Waals surface area contributed by atoms with Gasteiger partial charge in [-0.3, -0.25) is 0 Å². The van der Waals surface area contributed by atoms with Crippen molar-refractivity contribution in [2.75, 3.05) is 18.0 Å². The Morgan fingerprint density at radius 3 is 2.65 bits per heavy atom. The van der Waals surface area contributed by atoms with Crippen LogP contribution in [0.3, 0.4) is 0 Å². The summed E-state index contributed by atoms with van der Waals surface area (Å²) in [7, 11) is 0. The summed E-state index contributed by atoms with van der Waals surface area (Å²) < 4.78 is 11.3. The fourth-order valence-corrected chi connectivity index (χ4v) is 4.15. The Balaban J connectivity index is 1.27. The highest BCUT2D eigenvalue weighted by molar-refractivity contribution is 5.57. The molecule has 2 aliphatic rings. The maximum absolute atomic E-state index is 5.90. The van der Waals surface area contributed by atoms with Crippen LogP contribution in [0.2, 0.25) is 0 Å². The number of hydrogen-bond acceptors (Lipinski definition) is 6. The summed E-state index contributed by atoms with van der Waals surface area (Å²) in [6.07, 6.45) is 9.55. The van der Waals surface area contributed by atoms with E-state index in [0.717, 1.165) is 48.0 Å². The van der Waals surface area contributed by atoms with Gasteiger partial charge in [-0.2, -0.15) is 0 Å². The van der Waals surface area contributed by atoms with Crippen LogP contribution in [0.5, 0.6) is 11.8 Å². The summed E-state index contributed by atoms with van der Waals surface area (Å²) in [6.45, 7) is 8.20. The smallest absolute Gasteiger partial charge is 0.321 e. The summed E-state index contributed by atoms with van der Waals surface area (Å²) in [5.74, 6) is 3.72. The molecular formula is C25H28N4O2. The van der Waals surface area contributed by atoms with Gasteiger partial charge in [-0.25, -0.2) is 9.97 Å². The maximum atomic E-state index is 5.90. The van der Waals surface area contributed by atoms with Crippen LogP contribution < -0.4 is 9.64 Å². The van der Waals surface area contributed by atoms with E-state index in [1.165, 1.54) is 24.0 Å². The van der Waals surface area contributed by atoms with Crippen molar-refractivity contribution in [1.29, 1.82) is 0 Å². The molecular weight excluding hydrogens is 388 g/mol. The molecule has 2 aromatic heterocycles. The van der Waals surface area contributed by atoms with Gasteiger partial charge in [0.2, 0.25) is 0 Å². The molecule has 0 bridgehead atoms. The van der Waals surface area contributed by atoms with Gasteiger partial charge in [-0.05, 0) is 68.2 Å². The molecule has 1 atom stereocenters. The Labute approximate surface area is 183 Å². The average molecular weight is 417 g/mol. The molecule has 3 heterocycles. The number of ether oxygens (including phenoxy) is 1. The van der Waals surface area contributed by atoms with Gasteiger partial charge in [0.05, 0.1) is 0 Å². The minimum absolute atomic E-state index is 0.397. The molecule has 1 aromatic carbocycles. The molecule has 3 aromatic rings. The second-order valence-electron chi connectivity index (χ2n) is 8.75. The molecule has 1 saturated carbocycles. The van der Waals surface area contributed by atoms with Gasteiger partial charge >= 0.3 is 6.01 Å². The summed E-state index contributed by atoms with van der Waals surface area (Å²) >= 11 is 0. The predicted octanol–water partition coefficient (Wildman–Crippen LogP) is 5.68. The molecule has 1 aliphatic heterocycles. The highest BCUT2D eigenvalue weighted by atomic mass is 16.5. The molecule has 2 fully saturated rings. The van der Waals surface area contributed by atoms with Crippen LogP contribution in [0, 0.1) is 19.8 Å². The SMILES string of the molecule is Cc1onc(N2CC/C(=C\c3cccc(Oc4ncc(C5CC5)cn4)c3)C(C)C2)c1C. The van der Waals surface area contributed by atoms with E-state index in [0.29, 0.717) is 17.8 Å². The van der Waals surface area contributed by atoms with Crippen LogP contribution >= 0.6 is 0 Å². The van der Waals surface area contributed by atoms with Crippen molar-refractivity contribution in [3.63, 3.8) is 0 Å². The molecule has 1 unspecified atom stereocenters. The van der Waals surface area contributed by atoms with Crippen LogP contribution in [-0.2, 0) is 0 Å². The summed E-state index contributed by atoms with van der Waals surface area (Å²) in [5, 5.41) is 4.26. The quantitative estimate of drug-likeness (QED) is 0.533. The average Bonchev–Trinajstić information content (AvgIpc) is 3.56. The van der Waals surface area contributed by atoms with E-state index < -0.39 is 0 Å². The van der Waals surface area contributed by atoms with Crippen molar-refractivity contribution in [3.05, 3.63) is 64.7 Å². The zero-order chi connectivity index (χ0) is 21.4. The largest absolute Gasteiger partial charge is 0.424 e. The number of anilines is 1. The van der Waals surface area contributed by atoms with Gasteiger partial charge in [-0.15, -0.1) is 0 Å². The molecule has 31 heavy (non-hydrogen) atoms. The highest BCUT2D eigenvalue weighted by Gasteiger charge is 2.25. The molecule has 160 valence electrons. The molecule has 6 heteroatoms. The number of piperidine rings is 1. The van der Waals surface area contributed by atoms with Crippen molar-refractivity contribution in [3.8, 4) is 11.8 Å². The van der Waals surface area contributed by atoms with E-state index in [1.807, 2.05) is 31.5 Å². The zero-order valence-electron chi connectivity index (χ0n) is 18.3. The number of benzene rings is 1. The normalized spacial score (nSPS) is 20.3. The fourth-order valence-electron chi connectivity index (χ4n) is 4.15. The number of nitrogens with zero attached hydrogens (tertiary/aromatic N) is 4. The zero-order valence-corrected chi connectivity index (χ0v) is 18.3. The first-order valence-electron chi connectivity index (χ1n) is 11.0. The molecule has 0 spiro atoms. The molecule has 1 aliphatic carbocycles. The van der Waals surface area contributed by atoms with Crippen LogP contribution in [0.25, 0.3) is 6.08 Å². The number of rotatable bonds is 5. The number of hydrogen-bond donors (Lipinski definition) is 0. The first-order chi connectivity index (χ1) is 15.1. The van der Waals surface area contributed by atoms with Gasteiger partial charge in [-0.1, -0.05) is 35.9 Å². The molecule has 0 N–H and O–H groups in total. The van der Waals surface area contributed by atoms with Crippen molar-refractivity contribution >= 4 is 11.9 Å². The third-order valence-corrected chi connectivity index (χ3v) is 6.35. The lowest BCUT2D eigenvalue weighted by molar-refractivity contribution is 0.394. The molecule has 0 radical (unpaired) electrons. The van der Waals surface area contributed by atoms with Gasteiger partial charge < -0.3 is 14.2 Å². The third-order valence-electron chi connectivity index (χ3n) is 6.35. The summed E-state index contributed by atoms with van der Waals surface area (Å²) in [6, 6.07) is 8.52. The molecule has 0 amide bonds. The van der Waals surface area contributed by atoms with E-state index in [4.69, 9.17) is 9.26 Å². The van der Waals surface area contributed by atoms with E-state index >= 15 is 0 Å². The van der Waals surface area contributed by atoms with E-state index in [9.17, 15) is 0 Å². The van der Waals surface area contributed by atoms with Crippen LogP contribution in [0.4, 0.5) is 5.82 Å². The van der Waals surface area contributed by atoms with Gasteiger partial charge in [0.25, 0.3) is 0 Å². The lowest BCUT2D eigenvalue weighted by atomic mass is 9.91. The van der Waals surface area contributed by atoms with Crippen LogP contribution in [0.15, 0.2) is 46.8 Å². The Morgan fingerprint density at radius 2 is 1.97 bits per heavy atom. The Kier molecular flexibility index (Phi) is 5.22. The lowest BCUT2D eigenvalue weighted by Gasteiger charge is -2.33. The summed E-state index contributed by atoms with van der Waals surface area (Å²) in [5.41, 5.74) is 4.92. The second kappa shape index (κ2) is 8.17.